The van der Waals surface area contributed by atoms with E-state index < -0.39 is 0 Å². The number of aryl methyl sites for hydroxylation is 2. The van der Waals surface area contributed by atoms with Gasteiger partial charge in [-0.25, -0.2) is 4.79 Å². The van der Waals surface area contributed by atoms with E-state index in [0.717, 1.165) is 16.9 Å². The van der Waals surface area contributed by atoms with Gasteiger partial charge in [0, 0.05) is 26.2 Å². The van der Waals surface area contributed by atoms with E-state index >= 15 is 0 Å². The van der Waals surface area contributed by atoms with E-state index in [1.807, 2.05) is 32.0 Å². The van der Waals surface area contributed by atoms with E-state index in [0.29, 0.717) is 44.1 Å². The molecule has 0 bridgehead atoms. The lowest BCUT2D eigenvalue weighted by molar-refractivity contribution is 0.0560. The highest BCUT2D eigenvalue weighted by molar-refractivity contribution is 5.94. The number of carbonyl (C=O) groups excluding carboxylic acids is 2. The molecule has 2 amide bonds. The van der Waals surface area contributed by atoms with Crippen LogP contribution < -0.4 is 4.74 Å². The molecule has 29 heavy (non-hydrogen) atoms. The van der Waals surface area contributed by atoms with Crippen LogP contribution in [0.15, 0.2) is 22.7 Å². The van der Waals surface area contributed by atoms with Crippen molar-refractivity contribution in [2.24, 2.45) is 0 Å². The average Bonchev–Trinajstić information content (AvgIpc) is 3.09. The van der Waals surface area contributed by atoms with Gasteiger partial charge in [-0.15, -0.1) is 0 Å². The number of benzene rings is 1. The fourth-order valence-corrected chi connectivity index (χ4v) is 3.22. The number of carbonyl (C=O) groups is 2. The van der Waals surface area contributed by atoms with Gasteiger partial charge >= 0.3 is 6.09 Å². The highest BCUT2D eigenvalue weighted by Crippen LogP contribution is 2.24. The number of amides is 2. The van der Waals surface area contributed by atoms with E-state index in [1.54, 1.807) is 23.6 Å². The smallest absolute Gasteiger partial charge is 0.409 e. The molecule has 1 aromatic heterocycles. The summed E-state index contributed by atoms with van der Waals surface area (Å²) in [6.45, 7) is 9.78. The van der Waals surface area contributed by atoms with Crippen molar-refractivity contribution in [2.45, 2.75) is 34.3 Å². The Morgan fingerprint density at radius 3 is 2.48 bits per heavy atom. The standard InChI is InChI=1S/C21H27N3O5/c1-5-27-21(26)24-11-9-23(10-12-24)20(25)19-17(16(4)29-22-19)13-28-18-8-6-7-14(2)15(18)3/h6-8H,5,9-13H2,1-4H3. The van der Waals surface area contributed by atoms with Crippen molar-refractivity contribution in [2.75, 3.05) is 32.8 Å². The predicted octanol–water partition coefficient (Wildman–Crippen LogP) is 3.09. The van der Waals surface area contributed by atoms with Gasteiger partial charge in [-0.1, -0.05) is 17.3 Å². The molecule has 1 aliphatic rings. The first kappa shape index (κ1) is 20.7. The largest absolute Gasteiger partial charge is 0.488 e. The van der Waals surface area contributed by atoms with Crippen LogP contribution in [0.3, 0.4) is 0 Å². The Hall–Kier alpha value is -3.03. The second kappa shape index (κ2) is 8.98. The fourth-order valence-electron chi connectivity index (χ4n) is 3.22. The maximum absolute atomic E-state index is 13.0. The van der Waals surface area contributed by atoms with Crippen LogP contribution in [0.25, 0.3) is 0 Å². The average molecular weight is 401 g/mol. The molecule has 0 aliphatic carbocycles. The van der Waals surface area contributed by atoms with E-state index in [2.05, 4.69) is 5.16 Å². The van der Waals surface area contributed by atoms with Crippen molar-refractivity contribution in [1.82, 2.24) is 15.0 Å². The number of ether oxygens (including phenoxy) is 2. The Morgan fingerprint density at radius 1 is 1.10 bits per heavy atom. The summed E-state index contributed by atoms with van der Waals surface area (Å²) >= 11 is 0. The Bertz CT molecular complexity index is 884. The topological polar surface area (TPSA) is 85.1 Å². The Kier molecular flexibility index (Phi) is 6.41. The molecule has 8 nitrogen and oxygen atoms in total. The summed E-state index contributed by atoms with van der Waals surface area (Å²) in [5.41, 5.74) is 3.10. The highest BCUT2D eigenvalue weighted by atomic mass is 16.6. The molecule has 1 aliphatic heterocycles. The number of aromatic nitrogens is 1. The minimum atomic E-state index is -0.348. The lowest BCUT2D eigenvalue weighted by atomic mass is 10.1. The summed E-state index contributed by atoms with van der Waals surface area (Å²) in [6.07, 6.45) is -0.348. The summed E-state index contributed by atoms with van der Waals surface area (Å²) in [4.78, 5) is 28.1. The van der Waals surface area contributed by atoms with E-state index in [9.17, 15) is 9.59 Å². The van der Waals surface area contributed by atoms with E-state index in [-0.39, 0.29) is 24.3 Å². The zero-order valence-electron chi connectivity index (χ0n) is 17.4. The third-order valence-corrected chi connectivity index (χ3v) is 5.21. The number of nitrogens with zero attached hydrogens (tertiary/aromatic N) is 3. The van der Waals surface area contributed by atoms with Gasteiger partial charge in [0.25, 0.3) is 5.91 Å². The summed E-state index contributed by atoms with van der Waals surface area (Å²) < 4.78 is 16.3. The normalized spacial score (nSPS) is 14.1. The number of hydrogen-bond donors (Lipinski definition) is 0. The van der Waals surface area contributed by atoms with Crippen molar-refractivity contribution in [3.63, 3.8) is 0 Å². The molecule has 8 heteroatoms. The molecule has 1 aromatic carbocycles. The SMILES string of the molecule is CCOC(=O)N1CCN(C(=O)c2noc(C)c2COc2cccc(C)c2C)CC1. The van der Waals surface area contributed by atoms with Crippen molar-refractivity contribution < 1.29 is 23.6 Å². The minimum Gasteiger partial charge on any atom is -0.488 e. The van der Waals surface area contributed by atoms with Crippen LogP contribution in [-0.2, 0) is 11.3 Å². The van der Waals surface area contributed by atoms with Crippen LogP contribution in [0.2, 0.25) is 0 Å². The predicted molar refractivity (Wildman–Crippen MR) is 106 cm³/mol. The van der Waals surface area contributed by atoms with E-state index in [4.69, 9.17) is 14.0 Å². The molecule has 0 spiro atoms. The second-order valence-corrected chi connectivity index (χ2v) is 7.03. The van der Waals surface area contributed by atoms with Gasteiger partial charge in [-0.05, 0) is 44.9 Å². The van der Waals surface area contributed by atoms with Crippen LogP contribution in [0.4, 0.5) is 4.79 Å². The fraction of sp³-hybridized carbons (Fsp3) is 0.476. The first-order chi connectivity index (χ1) is 13.9. The number of rotatable bonds is 5. The van der Waals surface area contributed by atoms with Crippen molar-refractivity contribution >= 4 is 12.0 Å². The third-order valence-electron chi connectivity index (χ3n) is 5.21. The summed E-state index contributed by atoms with van der Waals surface area (Å²) in [6, 6.07) is 5.87. The Labute approximate surface area is 170 Å². The third kappa shape index (κ3) is 4.52. The van der Waals surface area contributed by atoms with Gasteiger partial charge in [0.05, 0.1) is 12.2 Å². The van der Waals surface area contributed by atoms with Crippen molar-refractivity contribution in [3.8, 4) is 5.75 Å². The molecule has 2 aromatic rings. The van der Waals surface area contributed by atoms with Gasteiger partial charge < -0.3 is 23.8 Å². The van der Waals surface area contributed by atoms with Crippen LogP contribution in [0.5, 0.6) is 5.75 Å². The van der Waals surface area contributed by atoms with Gasteiger partial charge in [0.2, 0.25) is 0 Å². The summed E-state index contributed by atoms with van der Waals surface area (Å²) in [7, 11) is 0. The Balaban J connectivity index is 1.67. The van der Waals surface area contributed by atoms with Crippen LogP contribution >= 0.6 is 0 Å². The zero-order chi connectivity index (χ0) is 21.0. The first-order valence-electron chi connectivity index (χ1n) is 9.77. The molecule has 0 N–H and O–H groups in total. The minimum absolute atomic E-state index is 0.198. The molecule has 0 atom stereocenters. The Morgan fingerprint density at radius 2 is 1.79 bits per heavy atom. The summed E-state index contributed by atoms with van der Waals surface area (Å²) in [5, 5.41) is 3.98. The lowest BCUT2D eigenvalue weighted by Crippen LogP contribution is -2.51. The molecule has 0 saturated carbocycles. The monoisotopic (exact) mass is 401 g/mol. The molecule has 0 radical (unpaired) electrons. The maximum Gasteiger partial charge on any atom is 0.409 e. The van der Waals surface area contributed by atoms with Crippen molar-refractivity contribution in [1.29, 1.82) is 0 Å². The molecular weight excluding hydrogens is 374 g/mol. The summed E-state index contributed by atoms with van der Waals surface area (Å²) in [5.74, 6) is 1.11. The number of hydrogen-bond acceptors (Lipinski definition) is 6. The molecule has 0 unspecified atom stereocenters. The molecule has 3 rings (SSSR count). The molecule has 1 fully saturated rings. The quantitative estimate of drug-likeness (QED) is 0.765. The molecule has 156 valence electrons. The van der Waals surface area contributed by atoms with Crippen LogP contribution in [-0.4, -0.2) is 59.7 Å². The van der Waals surface area contributed by atoms with Crippen molar-refractivity contribution in [3.05, 3.63) is 46.3 Å². The highest BCUT2D eigenvalue weighted by Gasteiger charge is 2.29. The molecule has 1 saturated heterocycles. The maximum atomic E-state index is 13.0. The van der Waals surface area contributed by atoms with E-state index in [1.165, 1.54) is 0 Å². The molecule has 2 heterocycles. The van der Waals surface area contributed by atoms with Crippen LogP contribution in [0.1, 0.15) is 39.9 Å². The zero-order valence-corrected chi connectivity index (χ0v) is 17.4. The van der Waals surface area contributed by atoms with Gasteiger partial charge in [0.1, 0.15) is 18.1 Å². The van der Waals surface area contributed by atoms with Gasteiger partial charge in [-0.2, -0.15) is 0 Å². The lowest BCUT2D eigenvalue weighted by Gasteiger charge is -2.33. The number of piperazine rings is 1. The molecular formula is C21H27N3O5. The second-order valence-electron chi connectivity index (χ2n) is 7.03. The van der Waals surface area contributed by atoms with Crippen LogP contribution in [0, 0.1) is 20.8 Å². The first-order valence-corrected chi connectivity index (χ1v) is 9.77. The van der Waals surface area contributed by atoms with Gasteiger partial charge in [-0.3, -0.25) is 4.79 Å². The van der Waals surface area contributed by atoms with Gasteiger partial charge in [0.15, 0.2) is 5.69 Å².